The van der Waals surface area contributed by atoms with Crippen LogP contribution in [0.2, 0.25) is 0 Å². The maximum atomic E-state index is 13.3. The fraction of sp³-hybridized carbons (Fsp3) is 0.133. The predicted molar refractivity (Wildman–Crippen MR) is 79.4 cm³/mol. The number of ether oxygens (including phenoxy) is 1. The maximum absolute atomic E-state index is 13.3. The van der Waals surface area contributed by atoms with Gasteiger partial charge >= 0.3 is 0 Å². The lowest BCUT2D eigenvalue weighted by molar-refractivity contribution is -0.118. The first-order valence-corrected chi connectivity index (χ1v) is 6.78. The van der Waals surface area contributed by atoms with Crippen LogP contribution >= 0.6 is 15.9 Å². The normalized spacial score (nSPS) is 10.2. The summed E-state index contributed by atoms with van der Waals surface area (Å²) in [5.74, 6) is -0.414. The molecule has 0 heterocycles. The highest BCUT2D eigenvalue weighted by molar-refractivity contribution is 9.10. The van der Waals surface area contributed by atoms with Crippen molar-refractivity contribution in [2.75, 3.05) is 11.9 Å². The number of aryl methyl sites for hydroxylation is 1. The van der Waals surface area contributed by atoms with Crippen molar-refractivity contribution in [1.29, 1.82) is 0 Å². The van der Waals surface area contributed by atoms with Crippen LogP contribution in [-0.2, 0) is 4.79 Å². The van der Waals surface area contributed by atoms with Crippen LogP contribution in [0.15, 0.2) is 46.9 Å². The first-order chi connectivity index (χ1) is 9.54. The van der Waals surface area contributed by atoms with Gasteiger partial charge in [-0.1, -0.05) is 17.7 Å². The Hall–Kier alpha value is -1.88. The summed E-state index contributed by atoms with van der Waals surface area (Å²) in [6.45, 7) is 1.80. The predicted octanol–water partition coefficient (Wildman–Crippen LogP) is 3.91. The largest absolute Gasteiger partial charge is 0.484 e. The summed E-state index contributed by atoms with van der Waals surface area (Å²) in [5.41, 5.74) is 1.82. The van der Waals surface area contributed by atoms with E-state index in [2.05, 4.69) is 21.2 Å². The molecule has 0 saturated carbocycles. The third-order valence-electron chi connectivity index (χ3n) is 2.60. The van der Waals surface area contributed by atoms with Crippen molar-refractivity contribution in [3.05, 3.63) is 58.3 Å². The highest BCUT2D eigenvalue weighted by Crippen LogP contribution is 2.20. The number of rotatable bonds is 4. The van der Waals surface area contributed by atoms with Gasteiger partial charge in [0.2, 0.25) is 0 Å². The van der Waals surface area contributed by atoms with Crippen LogP contribution in [0, 0.1) is 12.7 Å². The highest BCUT2D eigenvalue weighted by atomic mass is 79.9. The van der Waals surface area contributed by atoms with E-state index in [4.69, 9.17) is 4.74 Å². The fourth-order valence-electron chi connectivity index (χ4n) is 1.55. The minimum atomic E-state index is -0.429. The minimum Gasteiger partial charge on any atom is -0.484 e. The molecule has 3 nitrogen and oxygen atoms in total. The molecule has 5 heteroatoms. The van der Waals surface area contributed by atoms with Crippen molar-refractivity contribution >= 4 is 27.5 Å². The van der Waals surface area contributed by atoms with Crippen LogP contribution in [0.5, 0.6) is 5.75 Å². The summed E-state index contributed by atoms with van der Waals surface area (Å²) in [6, 6.07) is 11.8. The molecule has 0 aliphatic carbocycles. The summed E-state index contributed by atoms with van der Waals surface area (Å²) < 4.78 is 18.8. The maximum Gasteiger partial charge on any atom is 0.262 e. The molecule has 20 heavy (non-hydrogen) atoms. The Bertz CT molecular complexity index is 614. The number of anilines is 1. The first kappa shape index (κ1) is 14.5. The average Bonchev–Trinajstić information content (AvgIpc) is 2.43. The molecule has 0 aliphatic rings. The third kappa shape index (κ3) is 4.06. The molecule has 0 radical (unpaired) electrons. The molecule has 1 amide bonds. The number of amides is 1. The molecule has 2 aromatic carbocycles. The van der Waals surface area contributed by atoms with Crippen LogP contribution in [0.25, 0.3) is 0 Å². The molecular formula is C15H13BrFNO2. The van der Waals surface area contributed by atoms with Gasteiger partial charge in [0, 0.05) is 11.8 Å². The number of benzene rings is 2. The van der Waals surface area contributed by atoms with E-state index in [1.165, 1.54) is 12.1 Å². The van der Waals surface area contributed by atoms with Crippen molar-refractivity contribution in [2.45, 2.75) is 6.92 Å². The monoisotopic (exact) mass is 337 g/mol. The zero-order valence-corrected chi connectivity index (χ0v) is 12.4. The van der Waals surface area contributed by atoms with Crippen molar-refractivity contribution in [2.24, 2.45) is 0 Å². The molecular weight excluding hydrogens is 325 g/mol. The van der Waals surface area contributed by atoms with Gasteiger partial charge in [-0.25, -0.2) is 4.39 Å². The number of halogens is 2. The second-order valence-electron chi connectivity index (χ2n) is 4.28. The Kier molecular flexibility index (Phi) is 4.74. The van der Waals surface area contributed by atoms with E-state index >= 15 is 0 Å². The molecule has 0 atom stereocenters. The number of carbonyl (C=O) groups is 1. The van der Waals surface area contributed by atoms with Gasteiger partial charge in [-0.2, -0.15) is 0 Å². The second kappa shape index (κ2) is 6.52. The summed E-state index contributed by atoms with van der Waals surface area (Å²) in [4.78, 5) is 11.7. The zero-order valence-electron chi connectivity index (χ0n) is 10.8. The van der Waals surface area contributed by atoms with Gasteiger partial charge in [0.25, 0.3) is 5.91 Å². The van der Waals surface area contributed by atoms with Gasteiger partial charge in [-0.05, 0) is 47.1 Å². The SMILES string of the molecule is Cc1ccc(NC(=O)COc2ccc(Br)c(F)c2)cc1. The summed E-state index contributed by atoms with van der Waals surface area (Å²) in [7, 11) is 0. The number of hydrogen-bond donors (Lipinski definition) is 1. The van der Waals surface area contributed by atoms with Crippen molar-refractivity contribution in [1.82, 2.24) is 0 Å². The van der Waals surface area contributed by atoms with E-state index in [0.717, 1.165) is 5.56 Å². The molecule has 0 saturated heterocycles. The van der Waals surface area contributed by atoms with Crippen LogP contribution in [0.1, 0.15) is 5.56 Å². The fourth-order valence-corrected chi connectivity index (χ4v) is 1.80. The van der Waals surface area contributed by atoms with E-state index in [-0.39, 0.29) is 12.5 Å². The molecule has 0 fully saturated rings. The van der Waals surface area contributed by atoms with E-state index in [9.17, 15) is 9.18 Å². The number of hydrogen-bond acceptors (Lipinski definition) is 2. The van der Waals surface area contributed by atoms with Gasteiger partial charge in [-0.3, -0.25) is 4.79 Å². The van der Waals surface area contributed by atoms with Gasteiger partial charge in [-0.15, -0.1) is 0 Å². The Morgan fingerprint density at radius 3 is 2.60 bits per heavy atom. The van der Waals surface area contributed by atoms with Crippen molar-refractivity contribution in [3.8, 4) is 5.75 Å². The van der Waals surface area contributed by atoms with Crippen LogP contribution in [0.4, 0.5) is 10.1 Å². The minimum absolute atomic E-state index is 0.172. The van der Waals surface area contributed by atoms with E-state index in [1.54, 1.807) is 6.07 Å². The number of carbonyl (C=O) groups excluding carboxylic acids is 1. The number of nitrogens with one attached hydrogen (secondary N) is 1. The van der Waals surface area contributed by atoms with E-state index in [1.807, 2.05) is 31.2 Å². The van der Waals surface area contributed by atoms with Gasteiger partial charge in [0.15, 0.2) is 6.61 Å². The lowest BCUT2D eigenvalue weighted by Crippen LogP contribution is -2.20. The smallest absolute Gasteiger partial charge is 0.262 e. The third-order valence-corrected chi connectivity index (χ3v) is 3.24. The standard InChI is InChI=1S/C15H13BrFNO2/c1-10-2-4-11(5-3-10)18-15(19)9-20-12-6-7-13(16)14(17)8-12/h2-8H,9H2,1H3,(H,18,19). The average molecular weight is 338 g/mol. The Labute approximate surface area is 124 Å². The van der Waals surface area contributed by atoms with Crippen LogP contribution in [-0.4, -0.2) is 12.5 Å². The molecule has 0 unspecified atom stereocenters. The van der Waals surface area contributed by atoms with Crippen LogP contribution in [0.3, 0.4) is 0 Å². The molecule has 0 aromatic heterocycles. The molecule has 2 rings (SSSR count). The van der Waals surface area contributed by atoms with Gasteiger partial charge < -0.3 is 10.1 Å². The Morgan fingerprint density at radius 1 is 1.25 bits per heavy atom. The van der Waals surface area contributed by atoms with Crippen molar-refractivity contribution in [3.63, 3.8) is 0 Å². The van der Waals surface area contributed by atoms with E-state index < -0.39 is 5.82 Å². The first-order valence-electron chi connectivity index (χ1n) is 5.99. The topological polar surface area (TPSA) is 38.3 Å². The molecule has 0 spiro atoms. The summed E-state index contributed by atoms with van der Waals surface area (Å²) in [6.07, 6.45) is 0. The van der Waals surface area contributed by atoms with E-state index in [0.29, 0.717) is 15.9 Å². The second-order valence-corrected chi connectivity index (χ2v) is 5.13. The molecule has 1 N–H and O–H groups in total. The Morgan fingerprint density at radius 2 is 1.95 bits per heavy atom. The lowest BCUT2D eigenvalue weighted by Gasteiger charge is -2.08. The molecule has 0 aliphatic heterocycles. The van der Waals surface area contributed by atoms with Gasteiger partial charge in [0.1, 0.15) is 11.6 Å². The van der Waals surface area contributed by atoms with Gasteiger partial charge in [0.05, 0.1) is 4.47 Å². The molecule has 104 valence electrons. The summed E-state index contributed by atoms with van der Waals surface area (Å²) in [5, 5.41) is 2.70. The zero-order chi connectivity index (χ0) is 14.5. The Balaban J connectivity index is 1.88. The van der Waals surface area contributed by atoms with Crippen molar-refractivity contribution < 1.29 is 13.9 Å². The van der Waals surface area contributed by atoms with Crippen LogP contribution < -0.4 is 10.1 Å². The lowest BCUT2D eigenvalue weighted by atomic mass is 10.2. The molecule has 0 bridgehead atoms. The molecule has 2 aromatic rings. The summed E-state index contributed by atoms with van der Waals surface area (Å²) >= 11 is 3.05. The highest BCUT2D eigenvalue weighted by Gasteiger charge is 2.05. The quantitative estimate of drug-likeness (QED) is 0.918.